The Morgan fingerprint density at radius 2 is 2.11 bits per heavy atom. The molecule has 1 aliphatic rings. The van der Waals surface area contributed by atoms with E-state index in [0.29, 0.717) is 19.5 Å². The largest absolute Gasteiger partial charge is 0.380 e. The highest BCUT2D eigenvalue weighted by molar-refractivity contribution is 7.09. The highest BCUT2D eigenvalue weighted by Gasteiger charge is 2.33. The van der Waals surface area contributed by atoms with Crippen LogP contribution in [0.25, 0.3) is 0 Å². The van der Waals surface area contributed by atoms with Gasteiger partial charge >= 0.3 is 0 Å². The molecule has 1 aromatic heterocycles. The lowest BCUT2D eigenvalue weighted by Gasteiger charge is -2.37. The van der Waals surface area contributed by atoms with Gasteiger partial charge in [-0.05, 0) is 24.8 Å². The minimum atomic E-state index is -1.21. The van der Waals surface area contributed by atoms with Crippen LogP contribution in [0.15, 0.2) is 17.5 Å². The second kappa shape index (κ2) is 6.03. The molecule has 106 valence electrons. The molecule has 5 heteroatoms. The summed E-state index contributed by atoms with van der Waals surface area (Å²) >= 11 is 1.77. The van der Waals surface area contributed by atoms with Crippen LogP contribution >= 0.6 is 11.3 Å². The first kappa shape index (κ1) is 14.5. The molecule has 1 aromatic rings. The second-order valence-corrected chi connectivity index (χ2v) is 6.31. The van der Waals surface area contributed by atoms with Crippen molar-refractivity contribution in [3.63, 3.8) is 0 Å². The molecule has 0 radical (unpaired) electrons. The topological polar surface area (TPSA) is 43.8 Å². The van der Waals surface area contributed by atoms with E-state index in [1.807, 2.05) is 6.92 Å². The summed E-state index contributed by atoms with van der Waals surface area (Å²) in [5, 5.41) is 12.1. The van der Waals surface area contributed by atoms with Crippen molar-refractivity contribution in [2.45, 2.75) is 32.4 Å². The van der Waals surface area contributed by atoms with Crippen LogP contribution in [-0.4, -0.2) is 52.6 Å². The van der Waals surface area contributed by atoms with Gasteiger partial charge < -0.3 is 10.0 Å². The quantitative estimate of drug-likeness (QED) is 0.911. The monoisotopic (exact) mass is 282 g/mol. The molecule has 0 saturated carbocycles. The summed E-state index contributed by atoms with van der Waals surface area (Å²) in [6, 6.07) is 4.21. The summed E-state index contributed by atoms with van der Waals surface area (Å²) in [7, 11) is 0. The van der Waals surface area contributed by atoms with E-state index >= 15 is 0 Å². The van der Waals surface area contributed by atoms with Gasteiger partial charge in [0, 0.05) is 37.6 Å². The molecule has 1 amide bonds. The van der Waals surface area contributed by atoms with E-state index in [-0.39, 0.29) is 5.91 Å². The number of amides is 1. The minimum Gasteiger partial charge on any atom is -0.380 e. The maximum absolute atomic E-state index is 12.1. The number of thiophene rings is 1. The Kier molecular flexibility index (Phi) is 4.60. The summed E-state index contributed by atoms with van der Waals surface area (Å²) in [5.41, 5.74) is -1.21. The Bertz CT molecular complexity index is 409. The molecule has 2 rings (SSSR count). The standard InChI is InChI=1S/C14H22N2O2S/c1-3-14(2,18)13(17)16-8-6-15(7-9-16)11-12-5-4-10-19-12/h4-5,10,18H,3,6-9,11H2,1-2H3. The van der Waals surface area contributed by atoms with Gasteiger partial charge in [-0.2, -0.15) is 0 Å². The Morgan fingerprint density at radius 1 is 1.42 bits per heavy atom. The maximum atomic E-state index is 12.1. The van der Waals surface area contributed by atoms with E-state index in [1.165, 1.54) is 4.88 Å². The van der Waals surface area contributed by atoms with Crippen molar-refractivity contribution in [3.05, 3.63) is 22.4 Å². The van der Waals surface area contributed by atoms with Gasteiger partial charge in [-0.25, -0.2) is 0 Å². The highest BCUT2D eigenvalue weighted by atomic mass is 32.1. The van der Waals surface area contributed by atoms with Crippen molar-refractivity contribution in [2.24, 2.45) is 0 Å². The van der Waals surface area contributed by atoms with Crippen LogP contribution in [-0.2, 0) is 11.3 Å². The molecule has 1 aliphatic heterocycles. The van der Waals surface area contributed by atoms with E-state index < -0.39 is 5.60 Å². The van der Waals surface area contributed by atoms with Crippen LogP contribution in [0.2, 0.25) is 0 Å². The molecular weight excluding hydrogens is 260 g/mol. The van der Waals surface area contributed by atoms with Crippen LogP contribution in [0, 0.1) is 0 Å². The first-order valence-electron chi connectivity index (χ1n) is 6.79. The third-order valence-electron chi connectivity index (χ3n) is 3.77. The molecule has 1 fully saturated rings. The number of aliphatic hydroxyl groups is 1. The van der Waals surface area contributed by atoms with Gasteiger partial charge in [-0.1, -0.05) is 13.0 Å². The predicted octanol–water partition coefficient (Wildman–Crippen LogP) is 1.55. The van der Waals surface area contributed by atoms with Crippen LogP contribution in [0.1, 0.15) is 25.1 Å². The van der Waals surface area contributed by atoms with Crippen LogP contribution in [0.5, 0.6) is 0 Å². The van der Waals surface area contributed by atoms with E-state index in [4.69, 9.17) is 0 Å². The van der Waals surface area contributed by atoms with Gasteiger partial charge in [-0.15, -0.1) is 11.3 Å². The molecule has 1 atom stereocenters. The van der Waals surface area contributed by atoms with Crippen molar-refractivity contribution in [2.75, 3.05) is 26.2 Å². The third-order valence-corrected chi connectivity index (χ3v) is 4.63. The zero-order valence-corrected chi connectivity index (χ0v) is 12.4. The summed E-state index contributed by atoms with van der Waals surface area (Å²) < 4.78 is 0. The average molecular weight is 282 g/mol. The minimum absolute atomic E-state index is 0.134. The number of carbonyl (C=O) groups is 1. The Morgan fingerprint density at radius 3 is 2.63 bits per heavy atom. The molecule has 0 aromatic carbocycles. The molecule has 0 aliphatic carbocycles. The summed E-state index contributed by atoms with van der Waals surface area (Å²) in [6.45, 7) is 7.58. The number of nitrogens with zero attached hydrogens (tertiary/aromatic N) is 2. The molecule has 4 nitrogen and oxygen atoms in total. The van der Waals surface area contributed by atoms with Crippen molar-refractivity contribution in [3.8, 4) is 0 Å². The molecule has 0 spiro atoms. The molecule has 1 unspecified atom stereocenters. The fraction of sp³-hybridized carbons (Fsp3) is 0.643. The number of hydrogen-bond donors (Lipinski definition) is 1. The molecule has 1 N–H and O–H groups in total. The number of rotatable bonds is 4. The number of hydrogen-bond acceptors (Lipinski definition) is 4. The lowest BCUT2D eigenvalue weighted by Crippen LogP contribution is -2.54. The third kappa shape index (κ3) is 3.55. The highest BCUT2D eigenvalue weighted by Crippen LogP contribution is 2.17. The summed E-state index contributed by atoms with van der Waals surface area (Å²) in [4.78, 5) is 17.6. The van der Waals surface area contributed by atoms with Crippen molar-refractivity contribution in [1.29, 1.82) is 0 Å². The molecule has 1 saturated heterocycles. The van der Waals surface area contributed by atoms with Crippen molar-refractivity contribution in [1.82, 2.24) is 9.80 Å². The lowest BCUT2D eigenvalue weighted by atomic mass is 10.0. The van der Waals surface area contributed by atoms with E-state index in [0.717, 1.165) is 19.6 Å². The van der Waals surface area contributed by atoms with E-state index in [9.17, 15) is 9.90 Å². The first-order chi connectivity index (χ1) is 9.03. The first-order valence-corrected chi connectivity index (χ1v) is 7.67. The Labute approximate surface area is 118 Å². The fourth-order valence-corrected chi connectivity index (χ4v) is 2.97. The lowest BCUT2D eigenvalue weighted by molar-refractivity contribution is -0.151. The van der Waals surface area contributed by atoms with Crippen molar-refractivity contribution >= 4 is 17.2 Å². The molecule has 19 heavy (non-hydrogen) atoms. The SMILES string of the molecule is CCC(C)(O)C(=O)N1CCN(Cc2cccs2)CC1. The fourth-order valence-electron chi connectivity index (χ4n) is 2.22. The van der Waals surface area contributed by atoms with E-state index in [2.05, 4.69) is 22.4 Å². The van der Waals surface area contributed by atoms with Crippen LogP contribution in [0.3, 0.4) is 0 Å². The van der Waals surface area contributed by atoms with Crippen LogP contribution in [0.4, 0.5) is 0 Å². The van der Waals surface area contributed by atoms with Gasteiger partial charge in [0.15, 0.2) is 0 Å². The van der Waals surface area contributed by atoms with Gasteiger partial charge in [-0.3, -0.25) is 9.69 Å². The molecule has 2 heterocycles. The van der Waals surface area contributed by atoms with Gasteiger partial charge in [0.1, 0.15) is 5.60 Å². The Hall–Kier alpha value is -0.910. The van der Waals surface area contributed by atoms with Crippen LogP contribution < -0.4 is 0 Å². The summed E-state index contributed by atoms with van der Waals surface area (Å²) in [5.74, 6) is -0.134. The van der Waals surface area contributed by atoms with Gasteiger partial charge in [0.2, 0.25) is 0 Å². The zero-order valence-electron chi connectivity index (χ0n) is 11.6. The van der Waals surface area contributed by atoms with Crippen molar-refractivity contribution < 1.29 is 9.90 Å². The second-order valence-electron chi connectivity index (χ2n) is 5.28. The predicted molar refractivity (Wildman–Crippen MR) is 77.1 cm³/mol. The smallest absolute Gasteiger partial charge is 0.254 e. The molecule has 0 bridgehead atoms. The van der Waals surface area contributed by atoms with Gasteiger partial charge in [0.25, 0.3) is 5.91 Å². The number of carbonyl (C=O) groups excluding carboxylic acids is 1. The molecular formula is C14H22N2O2S. The Balaban J connectivity index is 1.84. The van der Waals surface area contributed by atoms with Gasteiger partial charge in [0.05, 0.1) is 0 Å². The zero-order chi connectivity index (χ0) is 13.9. The summed E-state index contributed by atoms with van der Waals surface area (Å²) in [6.07, 6.45) is 0.460. The average Bonchev–Trinajstić information content (AvgIpc) is 2.91. The van der Waals surface area contributed by atoms with E-state index in [1.54, 1.807) is 23.2 Å². The number of piperazine rings is 1. The normalized spacial score (nSPS) is 20.3. The maximum Gasteiger partial charge on any atom is 0.254 e.